The molecular weight excluding hydrogens is 657 g/mol. The van der Waals surface area contributed by atoms with E-state index in [9.17, 15) is 0 Å². The maximum absolute atomic E-state index is 6.88. The maximum Gasteiger partial charge on any atom is 0.147 e. The lowest BCUT2D eigenvalue weighted by Crippen LogP contribution is -1.92. The molecule has 0 unspecified atom stereocenters. The summed E-state index contributed by atoms with van der Waals surface area (Å²) < 4.78 is 13.0. The topological polar surface area (TPSA) is 26.3 Å². The van der Waals surface area contributed by atoms with Crippen LogP contribution in [0.2, 0.25) is 0 Å². The number of benzene rings is 10. The van der Waals surface area contributed by atoms with Gasteiger partial charge in [-0.3, -0.25) is 0 Å². The number of rotatable bonds is 3. The fourth-order valence-corrected chi connectivity index (χ4v) is 9.07. The lowest BCUT2D eigenvalue weighted by atomic mass is 9.84. The first-order chi connectivity index (χ1) is 26.8. The van der Waals surface area contributed by atoms with Crippen molar-refractivity contribution in [2.75, 3.05) is 0 Å². The second kappa shape index (κ2) is 11.2. The van der Waals surface area contributed by atoms with Gasteiger partial charge in [0.2, 0.25) is 0 Å². The van der Waals surface area contributed by atoms with Crippen LogP contribution in [0.3, 0.4) is 0 Å². The van der Waals surface area contributed by atoms with E-state index in [0.29, 0.717) is 0 Å². The van der Waals surface area contributed by atoms with Crippen LogP contribution in [-0.4, -0.2) is 0 Å². The van der Waals surface area contributed by atoms with E-state index in [0.717, 1.165) is 49.6 Å². The Balaban J connectivity index is 1.11. The first-order valence-corrected chi connectivity index (χ1v) is 18.5. The molecular formula is C52H30O2. The van der Waals surface area contributed by atoms with E-state index in [4.69, 9.17) is 8.83 Å². The number of hydrogen-bond acceptors (Lipinski definition) is 2. The Hall–Kier alpha value is -7.16. The second-order valence-corrected chi connectivity index (χ2v) is 14.4. The zero-order valence-corrected chi connectivity index (χ0v) is 29.1. The van der Waals surface area contributed by atoms with Crippen molar-refractivity contribution in [3.05, 3.63) is 182 Å². The summed E-state index contributed by atoms with van der Waals surface area (Å²) in [6, 6.07) is 63.7. The van der Waals surface area contributed by atoms with Crippen LogP contribution in [0.4, 0.5) is 0 Å². The van der Waals surface area contributed by atoms with Crippen LogP contribution in [0.5, 0.6) is 0 Å². The van der Waals surface area contributed by atoms with E-state index in [1.54, 1.807) is 0 Å². The van der Waals surface area contributed by atoms with E-state index in [1.807, 2.05) is 6.26 Å². The van der Waals surface area contributed by atoms with E-state index < -0.39 is 0 Å². The van der Waals surface area contributed by atoms with Gasteiger partial charge in [0.05, 0.1) is 11.6 Å². The Bertz CT molecular complexity index is 3450. The molecule has 2 heteroatoms. The average Bonchev–Trinajstić information content (AvgIpc) is 3.84. The molecule has 0 spiro atoms. The van der Waals surface area contributed by atoms with Gasteiger partial charge in [0, 0.05) is 16.3 Å². The third-order valence-corrected chi connectivity index (χ3v) is 11.5. The molecule has 0 aliphatic heterocycles. The van der Waals surface area contributed by atoms with E-state index >= 15 is 0 Å². The molecule has 12 aromatic rings. The Morgan fingerprint density at radius 1 is 0.315 bits per heavy atom. The SMILES string of the molecule is c1ccc2cc(-c3coc4ccc5c6ccc(-c7c8ccccc8c(-c8cc9ccccc9c9ccccc89)c8ccccc78)cc6oc5c34)ccc2c1. The molecule has 0 aliphatic rings. The molecule has 0 aliphatic carbocycles. The minimum absolute atomic E-state index is 0.818. The molecule has 0 N–H and O–H groups in total. The normalized spacial score (nSPS) is 12.1. The van der Waals surface area contributed by atoms with E-state index in [1.165, 1.54) is 70.6 Å². The predicted octanol–water partition coefficient (Wildman–Crippen LogP) is 15.1. The molecule has 0 saturated heterocycles. The summed E-state index contributed by atoms with van der Waals surface area (Å²) in [4.78, 5) is 0. The van der Waals surface area contributed by atoms with Gasteiger partial charge in [-0.25, -0.2) is 0 Å². The zero-order chi connectivity index (χ0) is 35.3. The van der Waals surface area contributed by atoms with Crippen LogP contribution in [0.15, 0.2) is 191 Å². The smallest absolute Gasteiger partial charge is 0.147 e. The van der Waals surface area contributed by atoms with Gasteiger partial charge in [-0.05, 0) is 118 Å². The highest BCUT2D eigenvalue weighted by Crippen LogP contribution is 2.48. The van der Waals surface area contributed by atoms with Gasteiger partial charge in [0.15, 0.2) is 0 Å². The summed E-state index contributed by atoms with van der Waals surface area (Å²) in [5.74, 6) is 0. The summed E-state index contributed by atoms with van der Waals surface area (Å²) in [7, 11) is 0. The molecule has 2 heterocycles. The van der Waals surface area contributed by atoms with Crippen molar-refractivity contribution >= 4 is 86.8 Å². The third-order valence-electron chi connectivity index (χ3n) is 11.5. The van der Waals surface area contributed by atoms with Crippen LogP contribution in [0.1, 0.15) is 0 Å². The first-order valence-electron chi connectivity index (χ1n) is 18.5. The standard InChI is InChI=1S/C52H30O2/c1-2-12-32-27-34(22-21-31(32)11-1)46-30-53-47-26-25-44-39-24-23-35(29-48(39)54-52(44)51(46)47)49-40-17-7-9-19-42(40)50(43-20-10-8-18-41(43)49)45-28-33-13-3-4-14-36(33)37-15-5-6-16-38(37)45/h1-30H. The second-order valence-electron chi connectivity index (χ2n) is 14.4. The minimum Gasteiger partial charge on any atom is -0.464 e. The molecule has 2 aromatic heterocycles. The van der Waals surface area contributed by atoms with Crippen molar-refractivity contribution in [3.63, 3.8) is 0 Å². The highest BCUT2D eigenvalue weighted by atomic mass is 16.3. The first kappa shape index (κ1) is 29.4. The van der Waals surface area contributed by atoms with Crippen molar-refractivity contribution in [2.24, 2.45) is 0 Å². The lowest BCUT2D eigenvalue weighted by molar-refractivity contribution is 0.616. The highest BCUT2D eigenvalue weighted by molar-refractivity contribution is 6.26. The monoisotopic (exact) mass is 686 g/mol. The van der Waals surface area contributed by atoms with Crippen LogP contribution in [0.25, 0.3) is 120 Å². The summed E-state index contributed by atoms with van der Waals surface area (Å²) >= 11 is 0. The van der Waals surface area contributed by atoms with Gasteiger partial charge in [-0.1, -0.05) is 140 Å². The summed E-state index contributed by atoms with van der Waals surface area (Å²) in [6.07, 6.45) is 1.87. The van der Waals surface area contributed by atoms with Gasteiger partial charge in [0.25, 0.3) is 0 Å². The quantitative estimate of drug-likeness (QED) is 0.137. The summed E-state index contributed by atoms with van der Waals surface area (Å²) in [5.41, 5.74) is 9.53. The molecule has 12 rings (SSSR count). The van der Waals surface area contributed by atoms with Crippen LogP contribution < -0.4 is 0 Å². The van der Waals surface area contributed by atoms with Gasteiger partial charge < -0.3 is 8.83 Å². The zero-order valence-electron chi connectivity index (χ0n) is 29.1. The summed E-state index contributed by atoms with van der Waals surface area (Å²) in [6.45, 7) is 0. The third kappa shape index (κ3) is 4.17. The summed E-state index contributed by atoms with van der Waals surface area (Å²) in [5, 5.41) is 15.5. The van der Waals surface area contributed by atoms with Crippen molar-refractivity contribution in [3.8, 4) is 33.4 Å². The van der Waals surface area contributed by atoms with Crippen molar-refractivity contribution in [2.45, 2.75) is 0 Å². The Morgan fingerprint density at radius 3 is 1.67 bits per heavy atom. The fraction of sp³-hybridized carbons (Fsp3) is 0. The molecule has 2 nitrogen and oxygen atoms in total. The van der Waals surface area contributed by atoms with Crippen molar-refractivity contribution < 1.29 is 8.83 Å². The Kier molecular flexibility index (Phi) is 6.09. The van der Waals surface area contributed by atoms with Crippen LogP contribution in [0, 0.1) is 0 Å². The molecule has 0 bridgehead atoms. The van der Waals surface area contributed by atoms with Crippen molar-refractivity contribution in [1.29, 1.82) is 0 Å². The molecule has 0 radical (unpaired) electrons. The Labute approximate surface area is 310 Å². The molecule has 250 valence electrons. The lowest BCUT2D eigenvalue weighted by Gasteiger charge is -2.19. The molecule has 54 heavy (non-hydrogen) atoms. The molecule has 0 amide bonds. The van der Waals surface area contributed by atoms with E-state index in [-0.39, 0.29) is 0 Å². The highest BCUT2D eigenvalue weighted by Gasteiger charge is 2.21. The van der Waals surface area contributed by atoms with Gasteiger partial charge >= 0.3 is 0 Å². The van der Waals surface area contributed by atoms with Crippen LogP contribution in [-0.2, 0) is 0 Å². The number of fused-ring (bicyclic) bond motifs is 11. The van der Waals surface area contributed by atoms with Gasteiger partial charge in [0.1, 0.15) is 16.7 Å². The van der Waals surface area contributed by atoms with Crippen LogP contribution >= 0.6 is 0 Å². The van der Waals surface area contributed by atoms with E-state index in [2.05, 4.69) is 176 Å². The molecule has 0 atom stereocenters. The largest absolute Gasteiger partial charge is 0.464 e. The predicted molar refractivity (Wildman–Crippen MR) is 227 cm³/mol. The van der Waals surface area contributed by atoms with Gasteiger partial charge in [-0.15, -0.1) is 0 Å². The number of hydrogen-bond donors (Lipinski definition) is 0. The molecule has 0 saturated carbocycles. The maximum atomic E-state index is 6.88. The molecule has 0 fully saturated rings. The van der Waals surface area contributed by atoms with Gasteiger partial charge in [-0.2, -0.15) is 0 Å². The average molecular weight is 687 g/mol. The molecule has 10 aromatic carbocycles. The Morgan fingerprint density at radius 2 is 0.907 bits per heavy atom. The number of furan rings is 2. The minimum atomic E-state index is 0.818. The fourth-order valence-electron chi connectivity index (χ4n) is 9.07. The van der Waals surface area contributed by atoms with Crippen molar-refractivity contribution in [1.82, 2.24) is 0 Å².